The minimum atomic E-state index is -0.0497. The molecule has 1 aliphatic heterocycles. The van der Waals surface area contributed by atoms with Gasteiger partial charge in [0.05, 0.1) is 5.69 Å². The molecular weight excluding hydrogens is 378 g/mol. The second kappa shape index (κ2) is 8.07. The summed E-state index contributed by atoms with van der Waals surface area (Å²) >= 11 is 1.65. The Morgan fingerprint density at radius 3 is 2.69 bits per heavy atom. The van der Waals surface area contributed by atoms with Crippen molar-refractivity contribution < 1.29 is 4.79 Å². The highest BCUT2D eigenvalue weighted by Gasteiger charge is 2.33. The molecule has 0 radical (unpaired) electrons. The molecule has 0 saturated carbocycles. The third-order valence-electron chi connectivity index (χ3n) is 5.74. The van der Waals surface area contributed by atoms with E-state index in [0.717, 1.165) is 53.3 Å². The molecule has 0 fully saturated rings. The van der Waals surface area contributed by atoms with E-state index in [4.69, 9.17) is 4.98 Å². The summed E-state index contributed by atoms with van der Waals surface area (Å²) in [5, 5.41) is 3.11. The van der Waals surface area contributed by atoms with E-state index in [2.05, 4.69) is 49.3 Å². The zero-order valence-corrected chi connectivity index (χ0v) is 18.1. The van der Waals surface area contributed by atoms with Crippen molar-refractivity contribution >= 4 is 22.9 Å². The van der Waals surface area contributed by atoms with Crippen molar-refractivity contribution in [2.45, 2.75) is 51.9 Å². The molecule has 0 spiro atoms. The maximum Gasteiger partial charge on any atom is 0.227 e. The predicted molar refractivity (Wildman–Crippen MR) is 120 cm³/mol. The van der Waals surface area contributed by atoms with Gasteiger partial charge in [-0.1, -0.05) is 33.3 Å². The molecule has 1 amide bonds. The summed E-state index contributed by atoms with van der Waals surface area (Å²) in [4.78, 5) is 23.7. The van der Waals surface area contributed by atoms with Crippen LogP contribution in [0.25, 0.3) is 21.8 Å². The van der Waals surface area contributed by atoms with E-state index in [-0.39, 0.29) is 11.3 Å². The fraction of sp³-hybridized carbons (Fsp3) is 0.375. The summed E-state index contributed by atoms with van der Waals surface area (Å²) < 4.78 is 0. The van der Waals surface area contributed by atoms with Gasteiger partial charge in [-0.05, 0) is 48.1 Å². The highest BCUT2D eigenvalue weighted by molar-refractivity contribution is 7.13. The Labute approximate surface area is 176 Å². The van der Waals surface area contributed by atoms with Crippen LogP contribution in [0.1, 0.15) is 52.0 Å². The van der Waals surface area contributed by atoms with Gasteiger partial charge >= 0.3 is 0 Å². The molecule has 4 nitrogen and oxygen atoms in total. The first-order valence-corrected chi connectivity index (χ1v) is 11.2. The molecular formula is C24H27N3OS. The molecule has 0 aliphatic carbocycles. The summed E-state index contributed by atoms with van der Waals surface area (Å²) in [6.45, 7) is 7.45. The van der Waals surface area contributed by atoms with Crippen LogP contribution < -0.4 is 4.90 Å². The molecule has 5 heteroatoms. The molecule has 0 unspecified atom stereocenters. The molecule has 3 aromatic rings. The number of anilines is 1. The van der Waals surface area contributed by atoms with Crippen LogP contribution in [0, 0.1) is 0 Å². The molecule has 2 aromatic heterocycles. The molecule has 4 rings (SSSR count). The van der Waals surface area contributed by atoms with Gasteiger partial charge in [0.15, 0.2) is 0 Å². The second-order valence-electron chi connectivity index (χ2n) is 8.29. The smallest absolute Gasteiger partial charge is 0.227 e. The zero-order chi connectivity index (χ0) is 20.4. The Morgan fingerprint density at radius 2 is 1.93 bits per heavy atom. The van der Waals surface area contributed by atoms with Crippen LogP contribution in [-0.2, 0) is 10.2 Å². The van der Waals surface area contributed by atoms with Gasteiger partial charge in [0.1, 0.15) is 5.01 Å². The third-order valence-corrected chi connectivity index (χ3v) is 6.64. The minimum Gasteiger partial charge on any atom is -0.312 e. The van der Waals surface area contributed by atoms with Crippen LogP contribution in [0.5, 0.6) is 0 Å². The Hall–Kier alpha value is -2.53. The van der Waals surface area contributed by atoms with Crippen LogP contribution in [0.2, 0.25) is 0 Å². The number of carbonyl (C=O) groups is 1. The van der Waals surface area contributed by atoms with Crippen molar-refractivity contribution in [2.75, 3.05) is 11.4 Å². The van der Waals surface area contributed by atoms with Crippen LogP contribution in [0.4, 0.5) is 5.69 Å². The maximum absolute atomic E-state index is 12.8. The first-order valence-electron chi connectivity index (χ1n) is 10.3. The predicted octanol–water partition coefficient (Wildman–Crippen LogP) is 6.08. The lowest BCUT2D eigenvalue weighted by atomic mass is 9.79. The van der Waals surface area contributed by atoms with E-state index in [1.165, 1.54) is 5.56 Å². The van der Waals surface area contributed by atoms with Gasteiger partial charge in [-0.15, -0.1) is 11.3 Å². The number of fused-ring (bicyclic) bond motifs is 1. The molecule has 1 aliphatic rings. The SMILES string of the molecule is CCCCN1C(=O)CCC(C)(C)c2cc(-c3csc(-c4ccncc4)n3)ccc21. The lowest BCUT2D eigenvalue weighted by molar-refractivity contribution is -0.118. The third kappa shape index (κ3) is 3.97. The summed E-state index contributed by atoms with van der Waals surface area (Å²) in [5.74, 6) is 0.242. The van der Waals surface area contributed by atoms with E-state index in [0.29, 0.717) is 6.42 Å². The molecule has 0 atom stereocenters. The molecule has 150 valence electrons. The van der Waals surface area contributed by atoms with E-state index in [1.807, 2.05) is 17.0 Å². The van der Waals surface area contributed by atoms with Crippen LogP contribution >= 0.6 is 11.3 Å². The molecule has 29 heavy (non-hydrogen) atoms. The first-order chi connectivity index (χ1) is 14.0. The van der Waals surface area contributed by atoms with Crippen molar-refractivity contribution in [3.8, 4) is 21.8 Å². The highest BCUT2D eigenvalue weighted by Crippen LogP contribution is 2.41. The van der Waals surface area contributed by atoms with E-state index >= 15 is 0 Å². The van der Waals surface area contributed by atoms with E-state index in [9.17, 15) is 4.79 Å². The Morgan fingerprint density at radius 1 is 1.14 bits per heavy atom. The molecule has 1 aromatic carbocycles. The summed E-state index contributed by atoms with van der Waals surface area (Å²) in [5.41, 5.74) is 5.44. The summed E-state index contributed by atoms with van der Waals surface area (Å²) in [6, 6.07) is 10.5. The average molecular weight is 406 g/mol. The van der Waals surface area contributed by atoms with Gasteiger partial charge in [0.25, 0.3) is 0 Å². The monoisotopic (exact) mass is 405 g/mol. The maximum atomic E-state index is 12.8. The number of aromatic nitrogens is 2. The van der Waals surface area contributed by atoms with Gasteiger partial charge in [0.2, 0.25) is 5.91 Å². The standard InChI is InChI=1S/C24H27N3OS/c1-4-5-14-27-21-7-6-18(15-19(21)24(2,3)11-8-22(27)28)20-16-29-23(26-20)17-9-12-25-13-10-17/h6-7,9-10,12-13,15-16H,4-5,8,11,14H2,1-3H3. The number of unbranched alkanes of at least 4 members (excludes halogenated alkanes) is 1. The quantitative estimate of drug-likeness (QED) is 0.517. The van der Waals surface area contributed by atoms with Crippen LogP contribution in [0.3, 0.4) is 0 Å². The summed E-state index contributed by atoms with van der Waals surface area (Å²) in [7, 11) is 0. The fourth-order valence-corrected chi connectivity index (χ4v) is 4.73. The fourth-order valence-electron chi connectivity index (χ4n) is 3.89. The number of pyridine rings is 1. The molecule has 0 bridgehead atoms. The normalized spacial score (nSPS) is 15.8. The molecule has 0 saturated heterocycles. The Balaban J connectivity index is 1.74. The van der Waals surface area contributed by atoms with Crippen molar-refractivity contribution in [1.29, 1.82) is 0 Å². The number of carbonyl (C=O) groups excluding carboxylic acids is 1. The van der Waals surface area contributed by atoms with Gasteiger partial charge in [-0.25, -0.2) is 4.98 Å². The van der Waals surface area contributed by atoms with Gasteiger partial charge in [0, 0.05) is 47.6 Å². The van der Waals surface area contributed by atoms with Crippen molar-refractivity contribution in [3.05, 3.63) is 53.7 Å². The number of amides is 1. The average Bonchev–Trinajstić information content (AvgIpc) is 3.20. The highest BCUT2D eigenvalue weighted by atomic mass is 32.1. The second-order valence-corrected chi connectivity index (χ2v) is 9.15. The Bertz CT molecular complexity index is 1010. The van der Waals surface area contributed by atoms with E-state index in [1.54, 1.807) is 23.7 Å². The largest absolute Gasteiger partial charge is 0.312 e. The number of hydrogen-bond donors (Lipinski definition) is 0. The summed E-state index contributed by atoms with van der Waals surface area (Å²) in [6.07, 6.45) is 7.16. The van der Waals surface area contributed by atoms with Crippen LogP contribution in [0.15, 0.2) is 48.1 Å². The van der Waals surface area contributed by atoms with Gasteiger partial charge in [-0.2, -0.15) is 0 Å². The molecule has 0 N–H and O–H groups in total. The Kier molecular flexibility index (Phi) is 5.50. The van der Waals surface area contributed by atoms with Crippen molar-refractivity contribution in [2.24, 2.45) is 0 Å². The van der Waals surface area contributed by atoms with Gasteiger partial charge < -0.3 is 4.90 Å². The number of nitrogens with zero attached hydrogens (tertiary/aromatic N) is 3. The zero-order valence-electron chi connectivity index (χ0n) is 17.3. The first kappa shape index (κ1) is 19.8. The number of thiazole rings is 1. The van der Waals surface area contributed by atoms with Crippen LogP contribution in [-0.4, -0.2) is 22.4 Å². The topological polar surface area (TPSA) is 46.1 Å². The van der Waals surface area contributed by atoms with Gasteiger partial charge in [-0.3, -0.25) is 9.78 Å². The number of benzene rings is 1. The molecule has 3 heterocycles. The lowest BCUT2D eigenvalue weighted by Crippen LogP contribution is -2.31. The van der Waals surface area contributed by atoms with Crippen molar-refractivity contribution in [3.63, 3.8) is 0 Å². The minimum absolute atomic E-state index is 0.0497. The lowest BCUT2D eigenvalue weighted by Gasteiger charge is -2.28. The van der Waals surface area contributed by atoms with E-state index < -0.39 is 0 Å². The number of hydrogen-bond acceptors (Lipinski definition) is 4. The number of rotatable bonds is 5. The van der Waals surface area contributed by atoms with Crippen molar-refractivity contribution in [1.82, 2.24) is 9.97 Å².